The standard InChI is InChI=1S/C20H18F2N2O3/c21-20(22)27-16-9-3-1-7-14(16)19(25)24-11-5-6-13(12-24)18-23-15-8-2-4-10-17(15)26-18/h1-4,7-10,13,20H,5-6,11-12H2. The van der Waals surface area contributed by atoms with Gasteiger partial charge in [0.15, 0.2) is 11.5 Å². The van der Waals surface area contributed by atoms with Gasteiger partial charge >= 0.3 is 6.61 Å². The molecule has 3 aromatic rings. The summed E-state index contributed by atoms with van der Waals surface area (Å²) in [4.78, 5) is 19.1. The van der Waals surface area contributed by atoms with Crippen molar-refractivity contribution in [2.24, 2.45) is 0 Å². The van der Waals surface area contributed by atoms with Gasteiger partial charge in [-0.25, -0.2) is 4.98 Å². The number of alkyl halides is 2. The number of nitrogens with zero attached hydrogens (tertiary/aromatic N) is 2. The second-order valence-electron chi connectivity index (χ2n) is 6.48. The van der Waals surface area contributed by atoms with Crippen LogP contribution < -0.4 is 4.74 Å². The predicted molar refractivity (Wildman–Crippen MR) is 95.0 cm³/mol. The smallest absolute Gasteiger partial charge is 0.387 e. The third kappa shape index (κ3) is 3.63. The van der Waals surface area contributed by atoms with Crippen molar-refractivity contribution >= 4 is 17.0 Å². The Morgan fingerprint density at radius 2 is 1.96 bits per heavy atom. The maximum absolute atomic E-state index is 12.9. The second-order valence-corrected chi connectivity index (χ2v) is 6.48. The van der Waals surface area contributed by atoms with E-state index in [1.807, 2.05) is 24.3 Å². The topological polar surface area (TPSA) is 55.6 Å². The summed E-state index contributed by atoms with van der Waals surface area (Å²) in [6, 6.07) is 13.6. The molecule has 4 rings (SSSR count). The third-order valence-corrected chi connectivity index (χ3v) is 4.70. The van der Waals surface area contributed by atoms with Gasteiger partial charge in [-0.05, 0) is 37.1 Å². The molecule has 0 radical (unpaired) electrons. The number of hydrogen-bond donors (Lipinski definition) is 0. The van der Waals surface area contributed by atoms with Crippen LogP contribution in [0.25, 0.3) is 11.1 Å². The van der Waals surface area contributed by atoms with Crippen LogP contribution in [0.1, 0.15) is 35.0 Å². The van der Waals surface area contributed by atoms with Crippen molar-refractivity contribution in [2.75, 3.05) is 13.1 Å². The van der Waals surface area contributed by atoms with Crippen molar-refractivity contribution in [2.45, 2.75) is 25.4 Å². The first kappa shape index (κ1) is 17.5. The molecule has 0 saturated carbocycles. The molecule has 1 unspecified atom stereocenters. The van der Waals surface area contributed by atoms with Crippen LogP contribution in [0, 0.1) is 0 Å². The Hall–Kier alpha value is -2.96. The summed E-state index contributed by atoms with van der Waals surface area (Å²) in [6.45, 7) is -2.00. The number of halogens is 2. The number of oxazole rings is 1. The summed E-state index contributed by atoms with van der Waals surface area (Å²) in [6.07, 6.45) is 1.64. The molecule has 2 heterocycles. The molecule has 5 nitrogen and oxygen atoms in total. The molecule has 27 heavy (non-hydrogen) atoms. The van der Waals surface area contributed by atoms with Crippen LogP contribution in [0.15, 0.2) is 52.9 Å². The number of amides is 1. The van der Waals surface area contributed by atoms with Crippen molar-refractivity contribution in [1.29, 1.82) is 0 Å². The molecule has 1 aromatic heterocycles. The Balaban J connectivity index is 1.55. The Labute approximate surface area is 154 Å². The van der Waals surface area contributed by atoms with Gasteiger partial charge in [0.2, 0.25) is 0 Å². The quantitative estimate of drug-likeness (QED) is 0.679. The minimum absolute atomic E-state index is 0.0294. The van der Waals surface area contributed by atoms with Gasteiger partial charge in [-0.15, -0.1) is 0 Å². The zero-order valence-electron chi connectivity index (χ0n) is 14.5. The molecule has 1 atom stereocenters. The van der Waals surface area contributed by atoms with Gasteiger partial charge in [0, 0.05) is 13.1 Å². The molecule has 1 aliphatic rings. The number of hydrogen-bond acceptors (Lipinski definition) is 4. The normalized spacial score (nSPS) is 17.4. The molecule has 0 aliphatic carbocycles. The number of para-hydroxylation sites is 3. The number of fused-ring (bicyclic) bond motifs is 1. The van der Waals surface area contributed by atoms with E-state index >= 15 is 0 Å². The Morgan fingerprint density at radius 3 is 2.78 bits per heavy atom. The van der Waals surface area contributed by atoms with Crippen LogP contribution in [0.3, 0.4) is 0 Å². The van der Waals surface area contributed by atoms with E-state index in [9.17, 15) is 13.6 Å². The molecular weight excluding hydrogens is 354 g/mol. The largest absolute Gasteiger partial charge is 0.440 e. The van der Waals surface area contributed by atoms with Crippen LogP contribution in [-0.2, 0) is 0 Å². The fourth-order valence-electron chi connectivity index (χ4n) is 3.44. The average Bonchev–Trinajstić information content (AvgIpc) is 3.12. The molecule has 0 bridgehead atoms. The highest BCUT2D eigenvalue weighted by Gasteiger charge is 2.30. The monoisotopic (exact) mass is 372 g/mol. The van der Waals surface area contributed by atoms with Crippen LogP contribution in [0.5, 0.6) is 5.75 Å². The van der Waals surface area contributed by atoms with Gasteiger partial charge in [-0.1, -0.05) is 24.3 Å². The lowest BCUT2D eigenvalue weighted by molar-refractivity contribution is -0.0503. The van der Waals surface area contributed by atoms with Gasteiger partial charge < -0.3 is 14.1 Å². The third-order valence-electron chi connectivity index (χ3n) is 4.70. The summed E-state index contributed by atoms with van der Waals surface area (Å²) in [7, 11) is 0. The highest BCUT2D eigenvalue weighted by atomic mass is 19.3. The summed E-state index contributed by atoms with van der Waals surface area (Å²) in [5, 5.41) is 0. The first-order chi connectivity index (χ1) is 13.1. The Bertz CT molecular complexity index is 924. The number of benzene rings is 2. The zero-order chi connectivity index (χ0) is 18.8. The van der Waals surface area contributed by atoms with E-state index < -0.39 is 6.61 Å². The summed E-state index contributed by atoms with van der Waals surface area (Å²) >= 11 is 0. The average molecular weight is 372 g/mol. The molecule has 1 amide bonds. The van der Waals surface area contributed by atoms with Crippen molar-refractivity contribution in [3.63, 3.8) is 0 Å². The predicted octanol–water partition coefficient (Wildman–Crippen LogP) is 4.45. The van der Waals surface area contributed by atoms with E-state index in [0.717, 1.165) is 18.4 Å². The molecular formula is C20H18F2N2O3. The van der Waals surface area contributed by atoms with Crippen molar-refractivity contribution in [3.05, 3.63) is 60.0 Å². The van der Waals surface area contributed by atoms with E-state index in [0.29, 0.717) is 24.6 Å². The van der Waals surface area contributed by atoms with Crippen LogP contribution in [0.2, 0.25) is 0 Å². The van der Waals surface area contributed by atoms with E-state index in [-0.39, 0.29) is 23.1 Å². The van der Waals surface area contributed by atoms with Crippen molar-refractivity contribution in [3.8, 4) is 5.75 Å². The van der Waals surface area contributed by atoms with Gasteiger partial charge in [0.05, 0.1) is 11.5 Å². The molecule has 1 aliphatic heterocycles. The van der Waals surface area contributed by atoms with Crippen molar-refractivity contribution < 1.29 is 22.7 Å². The molecule has 0 spiro atoms. The van der Waals surface area contributed by atoms with Crippen LogP contribution in [0.4, 0.5) is 8.78 Å². The second kappa shape index (κ2) is 7.34. The molecule has 2 aromatic carbocycles. The summed E-state index contributed by atoms with van der Waals surface area (Å²) in [5.41, 5.74) is 1.63. The number of ether oxygens (including phenoxy) is 1. The molecule has 1 saturated heterocycles. The minimum Gasteiger partial charge on any atom is -0.440 e. The van der Waals surface area contributed by atoms with Gasteiger partial charge in [-0.3, -0.25) is 4.79 Å². The SMILES string of the molecule is O=C(c1ccccc1OC(F)F)N1CCCC(c2nc3ccccc3o2)C1. The number of aromatic nitrogens is 1. The van der Waals surface area contributed by atoms with E-state index in [4.69, 9.17) is 4.42 Å². The Kier molecular flexibility index (Phi) is 4.75. The summed E-state index contributed by atoms with van der Waals surface area (Å²) < 4.78 is 35.6. The number of piperidine rings is 1. The highest BCUT2D eigenvalue weighted by molar-refractivity contribution is 5.97. The van der Waals surface area contributed by atoms with E-state index in [1.54, 1.807) is 17.0 Å². The highest BCUT2D eigenvalue weighted by Crippen LogP contribution is 2.31. The fraction of sp³-hybridized carbons (Fsp3) is 0.300. The maximum Gasteiger partial charge on any atom is 0.387 e. The van der Waals surface area contributed by atoms with Gasteiger partial charge in [-0.2, -0.15) is 8.78 Å². The molecule has 1 fully saturated rings. The van der Waals surface area contributed by atoms with Crippen LogP contribution in [-0.4, -0.2) is 35.5 Å². The van der Waals surface area contributed by atoms with E-state index in [2.05, 4.69) is 9.72 Å². The number of likely N-dealkylation sites (tertiary alicyclic amines) is 1. The van der Waals surface area contributed by atoms with Gasteiger partial charge in [0.25, 0.3) is 5.91 Å². The number of carbonyl (C=O) groups excluding carboxylic acids is 1. The first-order valence-corrected chi connectivity index (χ1v) is 8.80. The molecule has 0 N–H and O–H groups in total. The summed E-state index contributed by atoms with van der Waals surface area (Å²) in [5.74, 6) is 0.137. The lowest BCUT2D eigenvalue weighted by atomic mass is 9.97. The zero-order valence-corrected chi connectivity index (χ0v) is 14.5. The van der Waals surface area contributed by atoms with Crippen LogP contribution >= 0.6 is 0 Å². The number of carbonyl (C=O) groups is 1. The number of rotatable bonds is 4. The molecule has 140 valence electrons. The minimum atomic E-state index is -2.98. The Morgan fingerprint density at radius 1 is 1.19 bits per heavy atom. The first-order valence-electron chi connectivity index (χ1n) is 8.80. The van der Waals surface area contributed by atoms with Crippen molar-refractivity contribution in [1.82, 2.24) is 9.88 Å². The lowest BCUT2D eigenvalue weighted by Crippen LogP contribution is -2.39. The lowest BCUT2D eigenvalue weighted by Gasteiger charge is -2.31. The molecule has 7 heteroatoms. The van der Waals surface area contributed by atoms with E-state index in [1.165, 1.54) is 12.1 Å². The maximum atomic E-state index is 12.9. The fourth-order valence-corrected chi connectivity index (χ4v) is 3.44. The van der Waals surface area contributed by atoms with Gasteiger partial charge in [0.1, 0.15) is 11.3 Å².